The van der Waals surface area contributed by atoms with Crippen molar-refractivity contribution in [2.24, 2.45) is 0 Å². The molecule has 0 amide bonds. The van der Waals surface area contributed by atoms with Crippen LogP contribution >= 0.6 is 0 Å². The highest BCUT2D eigenvalue weighted by Crippen LogP contribution is 2.24. The van der Waals surface area contributed by atoms with Crippen molar-refractivity contribution in [3.63, 3.8) is 0 Å². The summed E-state index contributed by atoms with van der Waals surface area (Å²) in [5, 5.41) is 5.85. The first-order valence-corrected chi connectivity index (χ1v) is 5.08. The number of anilines is 1. The Balaban J connectivity index is 1.89. The van der Waals surface area contributed by atoms with E-state index in [2.05, 4.69) is 27.1 Å². The van der Waals surface area contributed by atoms with Gasteiger partial charge in [0, 0.05) is 12.4 Å². The minimum absolute atomic E-state index is 0.772. The van der Waals surface area contributed by atoms with Gasteiger partial charge >= 0.3 is 0 Å². The molecule has 0 bridgehead atoms. The van der Waals surface area contributed by atoms with Crippen LogP contribution in [0.5, 0.6) is 0 Å². The van der Waals surface area contributed by atoms with Gasteiger partial charge in [-0.2, -0.15) is 5.10 Å². The van der Waals surface area contributed by atoms with E-state index in [-0.39, 0.29) is 0 Å². The Morgan fingerprint density at radius 1 is 1.29 bits per heavy atom. The van der Waals surface area contributed by atoms with Crippen LogP contribution in [0, 0.1) is 0 Å². The van der Waals surface area contributed by atoms with Gasteiger partial charge in [-0.05, 0) is 12.1 Å². The molecule has 0 saturated heterocycles. The lowest BCUT2D eigenvalue weighted by molar-refractivity contribution is 0.864. The van der Waals surface area contributed by atoms with Crippen LogP contribution in [-0.4, -0.2) is 19.7 Å². The number of nitrogens with zero attached hydrogens (tertiary/aromatic N) is 5. The zero-order valence-corrected chi connectivity index (χ0v) is 8.98. The molecule has 84 valence electrons. The van der Waals surface area contributed by atoms with E-state index in [4.69, 9.17) is 0 Å². The number of aromatic nitrogens is 4. The Bertz CT molecular complexity index is 557. The molecule has 1 aliphatic heterocycles. The summed E-state index contributed by atoms with van der Waals surface area (Å²) in [5.41, 5.74) is 4.69. The van der Waals surface area contributed by atoms with Gasteiger partial charge in [0.1, 0.15) is 18.4 Å². The SMILES string of the molecule is C=C1C(n2cncn2)=CNN1c1ccccn1. The monoisotopic (exact) mass is 226 g/mol. The number of pyridine rings is 1. The molecule has 2 aromatic heterocycles. The standard InChI is InChI=1S/C11H10N6/c1-9-10(16-8-12-7-15-16)6-14-17(9)11-4-2-3-5-13-11/h2-8,14H,1H2. The summed E-state index contributed by atoms with van der Waals surface area (Å²) in [6.07, 6.45) is 6.65. The van der Waals surface area contributed by atoms with E-state index in [9.17, 15) is 0 Å². The van der Waals surface area contributed by atoms with Crippen LogP contribution in [-0.2, 0) is 0 Å². The summed E-state index contributed by atoms with van der Waals surface area (Å²) < 4.78 is 1.65. The van der Waals surface area contributed by atoms with Crippen LogP contribution in [0.15, 0.2) is 55.5 Å². The Morgan fingerprint density at radius 3 is 2.94 bits per heavy atom. The second-order valence-electron chi connectivity index (χ2n) is 3.47. The predicted molar refractivity (Wildman–Crippen MR) is 63.3 cm³/mol. The van der Waals surface area contributed by atoms with Crippen molar-refractivity contribution in [1.29, 1.82) is 0 Å². The smallest absolute Gasteiger partial charge is 0.151 e. The summed E-state index contributed by atoms with van der Waals surface area (Å²) in [6.45, 7) is 4.02. The molecule has 3 heterocycles. The fraction of sp³-hybridized carbons (Fsp3) is 0. The summed E-state index contributed by atoms with van der Waals surface area (Å²) in [7, 11) is 0. The molecular weight excluding hydrogens is 216 g/mol. The lowest BCUT2D eigenvalue weighted by Crippen LogP contribution is -2.28. The maximum absolute atomic E-state index is 4.25. The molecule has 1 N–H and O–H groups in total. The summed E-state index contributed by atoms with van der Waals surface area (Å²) in [6, 6.07) is 5.69. The third-order valence-electron chi connectivity index (χ3n) is 2.44. The lowest BCUT2D eigenvalue weighted by atomic mass is 10.3. The van der Waals surface area contributed by atoms with Crippen LogP contribution in [0.2, 0.25) is 0 Å². The van der Waals surface area contributed by atoms with Gasteiger partial charge in [-0.15, -0.1) is 0 Å². The molecule has 6 heteroatoms. The minimum Gasteiger partial charge on any atom is -0.297 e. The summed E-state index contributed by atoms with van der Waals surface area (Å²) in [4.78, 5) is 8.16. The van der Waals surface area contributed by atoms with E-state index in [1.165, 1.54) is 6.33 Å². The maximum atomic E-state index is 4.25. The quantitative estimate of drug-likeness (QED) is 0.828. The van der Waals surface area contributed by atoms with E-state index >= 15 is 0 Å². The van der Waals surface area contributed by atoms with E-state index < -0.39 is 0 Å². The number of hydrazine groups is 1. The molecule has 2 aromatic rings. The van der Waals surface area contributed by atoms with Gasteiger partial charge in [-0.3, -0.25) is 5.43 Å². The molecule has 6 nitrogen and oxygen atoms in total. The van der Waals surface area contributed by atoms with Gasteiger partial charge in [0.2, 0.25) is 0 Å². The van der Waals surface area contributed by atoms with Gasteiger partial charge in [-0.1, -0.05) is 12.6 Å². The number of rotatable bonds is 2. The molecule has 0 radical (unpaired) electrons. The average molecular weight is 226 g/mol. The highest BCUT2D eigenvalue weighted by Gasteiger charge is 2.21. The van der Waals surface area contributed by atoms with Gasteiger partial charge < -0.3 is 0 Å². The number of hydrogen-bond donors (Lipinski definition) is 1. The molecule has 0 aliphatic carbocycles. The summed E-state index contributed by atoms with van der Waals surface area (Å²) >= 11 is 0. The van der Waals surface area contributed by atoms with E-state index in [1.54, 1.807) is 22.2 Å². The second-order valence-corrected chi connectivity index (χ2v) is 3.47. The van der Waals surface area contributed by atoms with Crippen molar-refractivity contribution in [2.75, 3.05) is 5.01 Å². The van der Waals surface area contributed by atoms with E-state index in [0.717, 1.165) is 17.2 Å². The van der Waals surface area contributed by atoms with Crippen LogP contribution in [0.25, 0.3) is 5.70 Å². The van der Waals surface area contributed by atoms with Crippen LogP contribution < -0.4 is 10.4 Å². The molecular formula is C11H10N6. The fourth-order valence-electron chi connectivity index (χ4n) is 1.62. The predicted octanol–water partition coefficient (Wildman–Crippen LogP) is 1.01. The number of allylic oxidation sites excluding steroid dienone is 1. The van der Waals surface area contributed by atoms with Gasteiger partial charge in [-0.25, -0.2) is 19.7 Å². The van der Waals surface area contributed by atoms with Gasteiger partial charge in [0.15, 0.2) is 5.82 Å². The number of nitrogens with one attached hydrogen (secondary N) is 1. The number of hydrogen-bond acceptors (Lipinski definition) is 5. The zero-order chi connectivity index (χ0) is 11.7. The van der Waals surface area contributed by atoms with Crippen molar-refractivity contribution < 1.29 is 0 Å². The lowest BCUT2D eigenvalue weighted by Gasteiger charge is -2.18. The summed E-state index contributed by atoms with van der Waals surface area (Å²) in [5.74, 6) is 0.781. The van der Waals surface area contributed by atoms with Crippen LogP contribution in [0.4, 0.5) is 5.82 Å². The first-order chi connectivity index (χ1) is 8.36. The Hall–Kier alpha value is -2.63. The minimum atomic E-state index is 0.772. The highest BCUT2D eigenvalue weighted by molar-refractivity contribution is 5.73. The van der Waals surface area contributed by atoms with Gasteiger partial charge in [0.25, 0.3) is 0 Å². The van der Waals surface area contributed by atoms with Crippen LogP contribution in [0.1, 0.15) is 0 Å². The molecule has 0 spiro atoms. The zero-order valence-electron chi connectivity index (χ0n) is 8.98. The normalized spacial score (nSPS) is 14.7. The second kappa shape index (κ2) is 3.75. The van der Waals surface area contributed by atoms with E-state index in [1.807, 2.05) is 24.4 Å². The Kier molecular flexibility index (Phi) is 2.11. The van der Waals surface area contributed by atoms with Gasteiger partial charge in [0.05, 0.1) is 5.70 Å². The van der Waals surface area contributed by atoms with Crippen LogP contribution in [0.3, 0.4) is 0 Å². The molecule has 17 heavy (non-hydrogen) atoms. The fourth-order valence-corrected chi connectivity index (χ4v) is 1.62. The molecule has 1 aliphatic rings. The van der Waals surface area contributed by atoms with E-state index in [0.29, 0.717) is 0 Å². The molecule has 0 atom stereocenters. The van der Waals surface area contributed by atoms with Crippen molar-refractivity contribution in [2.45, 2.75) is 0 Å². The van der Waals surface area contributed by atoms with Crippen molar-refractivity contribution in [3.8, 4) is 0 Å². The maximum Gasteiger partial charge on any atom is 0.151 e. The first-order valence-electron chi connectivity index (χ1n) is 5.08. The Labute approximate surface area is 97.9 Å². The molecule has 0 unspecified atom stereocenters. The topological polar surface area (TPSA) is 58.9 Å². The highest BCUT2D eigenvalue weighted by atomic mass is 15.6. The van der Waals surface area contributed by atoms with Crippen molar-refractivity contribution in [3.05, 3.63) is 55.5 Å². The molecule has 0 fully saturated rings. The molecule has 0 aromatic carbocycles. The first kappa shape index (κ1) is 9.59. The largest absolute Gasteiger partial charge is 0.297 e. The molecule has 0 saturated carbocycles. The third kappa shape index (κ3) is 1.55. The Morgan fingerprint density at radius 2 is 2.24 bits per heavy atom. The third-order valence-corrected chi connectivity index (χ3v) is 2.44. The van der Waals surface area contributed by atoms with Crippen molar-refractivity contribution in [1.82, 2.24) is 25.2 Å². The molecule has 3 rings (SSSR count). The average Bonchev–Trinajstić information content (AvgIpc) is 2.99. The van der Waals surface area contributed by atoms with Crippen molar-refractivity contribution >= 4 is 11.5 Å².